The standard InChI is InChI=1S/C19H20N2O3/c1-19(2,14-16-6-4-3-5-7-16)20-18(22)13-10-15-8-11-17(12-9-15)21(23)24/h3-13H,14H2,1-2H3,(H,20,22)/b13-10+. The predicted molar refractivity (Wildman–Crippen MR) is 94.5 cm³/mol. The van der Waals surface area contributed by atoms with E-state index in [1.54, 1.807) is 18.2 Å². The zero-order valence-corrected chi connectivity index (χ0v) is 13.7. The van der Waals surface area contributed by atoms with Crippen molar-refractivity contribution in [1.29, 1.82) is 0 Å². The van der Waals surface area contributed by atoms with Gasteiger partial charge in [0, 0.05) is 23.7 Å². The number of hydrogen-bond acceptors (Lipinski definition) is 3. The highest BCUT2D eigenvalue weighted by Gasteiger charge is 2.19. The van der Waals surface area contributed by atoms with E-state index in [-0.39, 0.29) is 17.1 Å². The minimum absolute atomic E-state index is 0.0283. The van der Waals surface area contributed by atoms with E-state index in [1.165, 1.54) is 18.2 Å². The van der Waals surface area contributed by atoms with Gasteiger partial charge in [-0.05, 0) is 49.6 Å². The molecule has 0 aliphatic carbocycles. The fraction of sp³-hybridized carbons (Fsp3) is 0.211. The summed E-state index contributed by atoms with van der Waals surface area (Å²) in [6.07, 6.45) is 3.80. The minimum Gasteiger partial charge on any atom is -0.347 e. The number of nitro benzene ring substituents is 1. The summed E-state index contributed by atoms with van der Waals surface area (Å²) >= 11 is 0. The first-order valence-electron chi connectivity index (χ1n) is 7.64. The molecule has 0 aliphatic heterocycles. The van der Waals surface area contributed by atoms with Crippen LogP contribution in [0.5, 0.6) is 0 Å². The maximum Gasteiger partial charge on any atom is 0.269 e. The van der Waals surface area contributed by atoms with Gasteiger partial charge in [-0.2, -0.15) is 0 Å². The van der Waals surface area contributed by atoms with Crippen LogP contribution < -0.4 is 5.32 Å². The highest BCUT2D eigenvalue weighted by Crippen LogP contribution is 2.14. The topological polar surface area (TPSA) is 72.2 Å². The number of nitrogens with one attached hydrogen (secondary N) is 1. The number of nitro groups is 1. The molecule has 0 aromatic heterocycles. The van der Waals surface area contributed by atoms with E-state index in [4.69, 9.17) is 0 Å². The largest absolute Gasteiger partial charge is 0.347 e. The molecule has 124 valence electrons. The molecule has 0 bridgehead atoms. The van der Waals surface area contributed by atoms with Gasteiger partial charge in [0.05, 0.1) is 4.92 Å². The summed E-state index contributed by atoms with van der Waals surface area (Å²) in [5.41, 5.74) is 1.54. The van der Waals surface area contributed by atoms with Crippen LogP contribution in [0.25, 0.3) is 6.08 Å². The average Bonchev–Trinajstić information content (AvgIpc) is 2.53. The van der Waals surface area contributed by atoms with E-state index in [0.29, 0.717) is 0 Å². The molecule has 1 N–H and O–H groups in total. The van der Waals surface area contributed by atoms with Gasteiger partial charge in [-0.3, -0.25) is 14.9 Å². The minimum atomic E-state index is -0.452. The fourth-order valence-corrected chi connectivity index (χ4v) is 2.40. The second-order valence-electron chi connectivity index (χ2n) is 6.22. The normalized spacial score (nSPS) is 11.4. The summed E-state index contributed by atoms with van der Waals surface area (Å²) < 4.78 is 0. The first kappa shape index (κ1) is 17.4. The summed E-state index contributed by atoms with van der Waals surface area (Å²) in [6.45, 7) is 3.94. The van der Waals surface area contributed by atoms with Crippen molar-refractivity contribution < 1.29 is 9.72 Å². The van der Waals surface area contributed by atoms with Crippen molar-refractivity contribution in [3.63, 3.8) is 0 Å². The molecule has 2 aromatic rings. The van der Waals surface area contributed by atoms with Crippen LogP contribution >= 0.6 is 0 Å². The first-order valence-corrected chi connectivity index (χ1v) is 7.64. The number of rotatable bonds is 6. The number of nitrogens with zero attached hydrogens (tertiary/aromatic N) is 1. The SMILES string of the molecule is CC(C)(Cc1ccccc1)NC(=O)/C=C/c1ccc([N+](=O)[O-])cc1. The molecule has 24 heavy (non-hydrogen) atoms. The second kappa shape index (κ2) is 7.55. The Morgan fingerprint density at radius 1 is 1.12 bits per heavy atom. The zero-order chi connectivity index (χ0) is 17.6. The van der Waals surface area contributed by atoms with Crippen molar-refractivity contribution in [2.45, 2.75) is 25.8 Å². The number of non-ortho nitro benzene ring substituents is 1. The van der Waals surface area contributed by atoms with Gasteiger partial charge < -0.3 is 5.32 Å². The van der Waals surface area contributed by atoms with Gasteiger partial charge in [0.25, 0.3) is 5.69 Å². The van der Waals surface area contributed by atoms with Gasteiger partial charge in [0.2, 0.25) is 5.91 Å². The Labute approximate surface area is 141 Å². The van der Waals surface area contributed by atoms with Gasteiger partial charge in [-0.15, -0.1) is 0 Å². The Balaban J connectivity index is 1.95. The number of amides is 1. The number of carbonyl (C=O) groups is 1. The fourth-order valence-electron chi connectivity index (χ4n) is 2.40. The molecule has 5 heteroatoms. The first-order chi connectivity index (χ1) is 11.4. The van der Waals surface area contributed by atoms with Crippen molar-refractivity contribution in [3.05, 3.63) is 81.9 Å². The van der Waals surface area contributed by atoms with E-state index < -0.39 is 4.92 Å². The molecule has 0 unspecified atom stereocenters. The molecule has 0 saturated heterocycles. The van der Waals surface area contributed by atoms with Gasteiger partial charge in [-0.25, -0.2) is 0 Å². The Morgan fingerprint density at radius 3 is 2.33 bits per heavy atom. The molecule has 0 atom stereocenters. The van der Waals surface area contributed by atoms with Gasteiger partial charge in [0.1, 0.15) is 0 Å². The van der Waals surface area contributed by atoms with Crippen LogP contribution in [-0.2, 0) is 11.2 Å². The average molecular weight is 324 g/mol. The quantitative estimate of drug-likeness (QED) is 0.500. The molecule has 0 heterocycles. The number of carbonyl (C=O) groups excluding carboxylic acids is 1. The zero-order valence-electron chi connectivity index (χ0n) is 13.7. The van der Waals surface area contributed by atoms with Gasteiger partial charge in [0.15, 0.2) is 0 Å². The Morgan fingerprint density at radius 2 is 1.75 bits per heavy atom. The molecule has 1 amide bonds. The van der Waals surface area contributed by atoms with E-state index in [0.717, 1.165) is 17.5 Å². The maximum absolute atomic E-state index is 12.1. The predicted octanol–water partition coefficient (Wildman–Crippen LogP) is 3.75. The lowest BCUT2D eigenvalue weighted by molar-refractivity contribution is -0.384. The molecule has 2 rings (SSSR count). The third-order valence-electron chi connectivity index (χ3n) is 3.48. The number of hydrogen-bond donors (Lipinski definition) is 1. The monoisotopic (exact) mass is 324 g/mol. The van der Waals surface area contributed by atoms with Crippen molar-refractivity contribution in [2.24, 2.45) is 0 Å². The third-order valence-corrected chi connectivity index (χ3v) is 3.48. The summed E-state index contributed by atoms with van der Waals surface area (Å²) in [7, 11) is 0. The molecule has 0 spiro atoms. The number of benzene rings is 2. The molecule has 0 aliphatic rings. The van der Waals surface area contributed by atoms with Crippen molar-refractivity contribution in [3.8, 4) is 0 Å². The van der Waals surface area contributed by atoms with Crippen LogP contribution in [0.4, 0.5) is 5.69 Å². The lowest BCUT2D eigenvalue weighted by Gasteiger charge is -2.25. The lowest BCUT2D eigenvalue weighted by atomic mass is 9.95. The van der Waals surface area contributed by atoms with Crippen LogP contribution in [0, 0.1) is 10.1 Å². The lowest BCUT2D eigenvalue weighted by Crippen LogP contribution is -2.44. The molecule has 0 saturated carbocycles. The molecular weight excluding hydrogens is 304 g/mol. The Bertz CT molecular complexity index is 735. The molecule has 5 nitrogen and oxygen atoms in total. The van der Waals surface area contributed by atoms with E-state index >= 15 is 0 Å². The smallest absolute Gasteiger partial charge is 0.269 e. The van der Waals surface area contributed by atoms with Gasteiger partial charge in [-0.1, -0.05) is 30.3 Å². The van der Waals surface area contributed by atoms with Crippen molar-refractivity contribution >= 4 is 17.7 Å². The third kappa shape index (κ3) is 5.35. The van der Waals surface area contributed by atoms with E-state index in [1.807, 2.05) is 44.2 Å². The van der Waals surface area contributed by atoms with Crippen LogP contribution in [-0.4, -0.2) is 16.4 Å². The second-order valence-corrected chi connectivity index (χ2v) is 6.22. The Kier molecular flexibility index (Phi) is 5.47. The van der Waals surface area contributed by atoms with E-state index in [9.17, 15) is 14.9 Å². The highest BCUT2D eigenvalue weighted by atomic mass is 16.6. The summed E-state index contributed by atoms with van der Waals surface area (Å²) in [4.78, 5) is 22.2. The summed E-state index contributed by atoms with van der Waals surface area (Å²) in [5.74, 6) is -0.200. The highest BCUT2D eigenvalue weighted by molar-refractivity contribution is 5.92. The molecule has 2 aromatic carbocycles. The van der Waals surface area contributed by atoms with Gasteiger partial charge >= 0.3 is 0 Å². The van der Waals surface area contributed by atoms with Crippen molar-refractivity contribution in [1.82, 2.24) is 5.32 Å². The Hall–Kier alpha value is -2.95. The molecule has 0 radical (unpaired) electrons. The van der Waals surface area contributed by atoms with Crippen LogP contribution in [0.3, 0.4) is 0 Å². The summed E-state index contributed by atoms with van der Waals surface area (Å²) in [6, 6.07) is 16.0. The molecule has 0 fully saturated rings. The van der Waals surface area contributed by atoms with Crippen LogP contribution in [0.2, 0.25) is 0 Å². The molecular formula is C19H20N2O3. The van der Waals surface area contributed by atoms with Crippen LogP contribution in [0.15, 0.2) is 60.7 Å². The maximum atomic E-state index is 12.1. The summed E-state index contributed by atoms with van der Waals surface area (Å²) in [5, 5.41) is 13.6. The van der Waals surface area contributed by atoms with E-state index in [2.05, 4.69) is 5.32 Å². The van der Waals surface area contributed by atoms with Crippen molar-refractivity contribution in [2.75, 3.05) is 0 Å². The van der Waals surface area contributed by atoms with Crippen LogP contribution in [0.1, 0.15) is 25.0 Å².